The van der Waals surface area contributed by atoms with Crippen LogP contribution in [0.3, 0.4) is 0 Å². The Hall–Kier alpha value is -0.580. The van der Waals surface area contributed by atoms with E-state index >= 15 is 0 Å². The van der Waals surface area contributed by atoms with Gasteiger partial charge in [-0.1, -0.05) is 15.9 Å². The molecule has 2 rings (SSSR count). The van der Waals surface area contributed by atoms with E-state index in [1.54, 1.807) is 0 Å². The Bertz CT molecular complexity index is 403. The highest BCUT2D eigenvalue weighted by molar-refractivity contribution is 9.10. The topological polar surface area (TPSA) is 44.5 Å². The monoisotopic (exact) mass is 313 g/mol. The molecule has 1 saturated heterocycles. The number of halogens is 1. The van der Waals surface area contributed by atoms with Gasteiger partial charge < -0.3 is 15.2 Å². The molecule has 3 nitrogen and oxygen atoms in total. The van der Waals surface area contributed by atoms with Crippen LogP contribution in [0.25, 0.3) is 0 Å². The lowest BCUT2D eigenvalue weighted by Gasteiger charge is -2.24. The van der Waals surface area contributed by atoms with E-state index in [4.69, 9.17) is 15.2 Å². The highest BCUT2D eigenvalue weighted by atomic mass is 79.9. The van der Waals surface area contributed by atoms with Gasteiger partial charge in [0.15, 0.2) is 0 Å². The number of aryl methyl sites for hydroxylation is 1. The average Bonchev–Trinajstić information content (AvgIpc) is 2.38. The zero-order valence-electron chi connectivity index (χ0n) is 10.7. The maximum Gasteiger partial charge on any atom is 0.126 e. The maximum atomic E-state index is 5.93. The molecule has 1 heterocycles. The molecule has 1 aliphatic rings. The third kappa shape index (κ3) is 3.46. The standard InChI is InChI=1S/C14H20BrNO2/c1-10-6-12(15)7-11(8-16)14(10)18-9-13-4-2-3-5-17-13/h6-7,13H,2-5,8-9,16H2,1H3. The molecule has 0 radical (unpaired) electrons. The summed E-state index contributed by atoms with van der Waals surface area (Å²) in [5, 5.41) is 0. The van der Waals surface area contributed by atoms with Crippen molar-refractivity contribution in [1.82, 2.24) is 0 Å². The molecular formula is C14H20BrNO2. The predicted octanol–water partition coefficient (Wildman–Crippen LogP) is 3.16. The van der Waals surface area contributed by atoms with E-state index in [2.05, 4.69) is 22.0 Å². The Morgan fingerprint density at radius 1 is 1.44 bits per heavy atom. The van der Waals surface area contributed by atoms with Crippen molar-refractivity contribution in [3.05, 3.63) is 27.7 Å². The molecule has 1 atom stereocenters. The lowest BCUT2D eigenvalue weighted by Crippen LogP contribution is -2.26. The van der Waals surface area contributed by atoms with Gasteiger partial charge in [-0.15, -0.1) is 0 Å². The largest absolute Gasteiger partial charge is 0.490 e. The molecule has 1 aliphatic heterocycles. The molecule has 0 saturated carbocycles. The van der Waals surface area contributed by atoms with Gasteiger partial charge in [0.2, 0.25) is 0 Å². The third-order valence-corrected chi connectivity index (χ3v) is 3.68. The highest BCUT2D eigenvalue weighted by Crippen LogP contribution is 2.28. The molecule has 0 aliphatic carbocycles. The van der Waals surface area contributed by atoms with Crippen molar-refractivity contribution in [3.8, 4) is 5.75 Å². The van der Waals surface area contributed by atoms with Gasteiger partial charge in [0.25, 0.3) is 0 Å². The smallest absolute Gasteiger partial charge is 0.126 e. The molecule has 1 unspecified atom stereocenters. The van der Waals surface area contributed by atoms with Crippen molar-refractivity contribution in [2.75, 3.05) is 13.2 Å². The van der Waals surface area contributed by atoms with E-state index < -0.39 is 0 Å². The Labute approximate surface area is 117 Å². The van der Waals surface area contributed by atoms with Gasteiger partial charge in [-0.3, -0.25) is 0 Å². The van der Waals surface area contributed by atoms with Gasteiger partial charge in [-0.25, -0.2) is 0 Å². The van der Waals surface area contributed by atoms with E-state index in [0.29, 0.717) is 13.2 Å². The lowest BCUT2D eigenvalue weighted by atomic mass is 10.1. The fourth-order valence-corrected chi connectivity index (χ4v) is 2.89. The molecule has 2 N–H and O–H groups in total. The fraction of sp³-hybridized carbons (Fsp3) is 0.571. The van der Waals surface area contributed by atoms with Crippen molar-refractivity contribution in [2.45, 2.75) is 38.8 Å². The van der Waals surface area contributed by atoms with Crippen molar-refractivity contribution in [2.24, 2.45) is 5.73 Å². The molecule has 100 valence electrons. The molecule has 0 amide bonds. The third-order valence-electron chi connectivity index (χ3n) is 3.22. The first kappa shape index (κ1) is 13.8. The average molecular weight is 314 g/mol. The Balaban J connectivity index is 2.03. The predicted molar refractivity (Wildman–Crippen MR) is 75.9 cm³/mol. The van der Waals surface area contributed by atoms with Gasteiger partial charge in [0.05, 0.1) is 6.10 Å². The van der Waals surface area contributed by atoms with Gasteiger partial charge in [0, 0.05) is 23.2 Å². The molecule has 1 aromatic carbocycles. The quantitative estimate of drug-likeness (QED) is 0.928. The first-order valence-electron chi connectivity index (χ1n) is 6.44. The van der Waals surface area contributed by atoms with E-state index in [9.17, 15) is 0 Å². The molecule has 4 heteroatoms. The second-order valence-corrected chi connectivity index (χ2v) is 5.63. The number of ether oxygens (including phenoxy) is 2. The number of hydrogen-bond acceptors (Lipinski definition) is 3. The van der Waals surface area contributed by atoms with Crippen LogP contribution in [0.4, 0.5) is 0 Å². The summed E-state index contributed by atoms with van der Waals surface area (Å²) in [6, 6.07) is 4.07. The molecule has 0 spiro atoms. The summed E-state index contributed by atoms with van der Waals surface area (Å²) in [5.41, 5.74) is 7.92. The van der Waals surface area contributed by atoms with E-state index in [1.807, 2.05) is 13.0 Å². The van der Waals surface area contributed by atoms with E-state index in [0.717, 1.165) is 34.4 Å². The van der Waals surface area contributed by atoms with E-state index in [-0.39, 0.29) is 6.10 Å². The van der Waals surface area contributed by atoms with Crippen molar-refractivity contribution < 1.29 is 9.47 Å². The molecule has 0 aromatic heterocycles. The van der Waals surface area contributed by atoms with Crippen molar-refractivity contribution >= 4 is 15.9 Å². The zero-order chi connectivity index (χ0) is 13.0. The normalized spacial score (nSPS) is 19.8. The minimum atomic E-state index is 0.229. The number of benzene rings is 1. The SMILES string of the molecule is Cc1cc(Br)cc(CN)c1OCC1CCCCO1. The Morgan fingerprint density at radius 3 is 2.94 bits per heavy atom. The van der Waals surface area contributed by atoms with Crippen LogP contribution in [0.15, 0.2) is 16.6 Å². The number of hydrogen-bond donors (Lipinski definition) is 1. The summed E-state index contributed by atoms with van der Waals surface area (Å²) in [5.74, 6) is 0.912. The summed E-state index contributed by atoms with van der Waals surface area (Å²) in [4.78, 5) is 0. The second-order valence-electron chi connectivity index (χ2n) is 4.71. The molecule has 1 fully saturated rings. The minimum Gasteiger partial charge on any atom is -0.490 e. The summed E-state index contributed by atoms with van der Waals surface area (Å²) in [6.45, 7) is 4.01. The summed E-state index contributed by atoms with van der Waals surface area (Å²) in [7, 11) is 0. The van der Waals surface area contributed by atoms with Crippen LogP contribution in [0.2, 0.25) is 0 Å². The first-order valence-corrected chi connectivity index (χ1v) is 7.23. The van der Waals surface area contributed by atoms with Crippen LogP contribution < -0.4 is 10.5 Å². The number of nitrogens with two attached hydrogens (primary N) is 1. The van der Waals surface area contributed by atoms with Crippen LogP contribution in [0.5, 0.6) is 5.75 Å². The summed E-state index contributed by atoms with van der Waals surface area (Å²) < 4.78 is 12.6. The molecular weight excluding hydrogens is 294 g/mol. The maximum absolute atomic E-state index is 5.93. The van der Waals surface area contributed by atoms with Gasteiger partial charge in [-0.2, -0.15) is 0 Å². The van der Waals surface area contributed by atoms with Crippen molar-refractivity contribution in [3.63, 3.8) is 0 Å². The zero-order valence-corrected chi connectivity index (χ0v) is 12.3. The molecule has 0 bridgehead atoms. The minimum absolute atomic E-state index is 0.229. The summed E-state index contributed by atoms with van der Waals surface area (Å²) in [6.07, 6.45) is 3.72. The fourth-order valence-electron chi connectivity index (χ4n) is 2.27. The van der Waals surface area contributed by atoms with Crippen LogP contribution >= 0.6 is 15.9 Å². The Morgan fingerprint density at radius 2 is 2.28 bits per heavy atom. The summed E-state index contributed by atoms with van der Waals surface area (Å²) >= 11 is 3.48. The van der Waals surface area contributed by atoms with Crippen LogP contribution in [0.1, 0.15) is 30.4 Å². The van der Waals surface area contributed by atoms with Crippen LogP contribution in [0, 0.1) is 6.92 Å². The lowest BCUT2D eigenvalue weighted by molar-refractivity contribution is -0.0113. The molecule has 1 aromatic rings. The molecule has 18 heavy (non-hydrogen) atoms. The van der Waals surface area contributed by atoms with Crippen LogP contribution in [-0.4, -0.2) is 19.3 Å². The second kappa shape index (κ2) is 6.55. The Kier molecular flexibility index (Phi) is 5.03. The van der Waals surface area contributed by atoms with Gasteiger partial charge >= 0.3 is 0 Å². The first-order chi connectivity index (χ1) is 8.70. The van der Waals surface area contributed by atoms with Gasteiger partial charge in [0.1, 0.15) is 12.4 Å². The highest BCUT2D eigenvalue weighted by Gasteiger charge is 2.16. The van der Waals surface area contributed by atoms with E-state index in [1.165, 1.54) is 12.8 Å². The number of rotatable bonds is 4. The van der Waals surface area contributed by atoms with Crippen LogP contribution in [-0.2, 0) is 11.3 Å². The van der Waals surface area contributed by atoms with Crippen molar-refractivity contribution in [1.29, 1.82) is 0 Å². The van der Waals surface area contributed by atoms with Gasteiger partial charge in [-0.05, 0) is 43.9 Å².